The zero-order valence-electron chi connectivity index (χ0n) is 14.8. The fourth-order valence-electron chi connectivity index (χ4n) is 3.37. The topological polar surface area (TPSA) is 94.5 Å². The molecule has 4 rings (SSSR count). The van der Waals surface area contributed by atoms with Crippen LogP contribution in [0.25, 0.3) is 0 Å². The summed E-state index contributed by atoms with van der Waals surface area (Å²) in [6, 6.07) is 4.64. The van der Waals surface area contributed by atoms with E-state index in [0.29, 0.717) is 6.07 Å². The van der Waals surface area contributed by atoms with Crippen LogP contribution in [0.3, 0.4) is 0 Å². The number of nitrogens with zero attached hydrogens (tertiary/aromatic N) is 2. The maximum Gasteiger partial charge on any atom is 0.322 e. The fraction of sp³-hybridized carbons (Fsp3) is 0.211. The standard InChI is InChI=1S/C19H13F3N4O3/c20-10-3-12(21)17-14(8-29-15(17)4-10)24-16(27)7-26-6-11-13(25-19(26)28)2-1-9(5-23)18(11)22/h1-4,14H,6-8H2,(H,24,27)(H,25,28)/t14-/m1/s1. The van der Waals surface area contributed by atoms with Crippen molar-refractivity contribution in [3.63, 3.8) is 0 Å². The van der Waals surface area contributed by atoms with Crippen LogP contribution < -0.4 is 15.4 Å². The third-order valence-electron chi connectivity index (χ3n) is 4.72. The second-order valence-electron chi connectivity index (χ2n) is 6.58. The third-order valence-corrected chi connectivity index (χ3v) is 4.72. The smallest absolute Gasteiger partial charge is 0.322 e. The van der Waals surface area contributed by atoms with Crippen molar-refractivity contribution in [1.82, 2.24) is 10.2 Å². The summed E-state index contributed by atoms with van der Waals surface area (Å²) < 4.78 is 46.9. The summed E-state index contributed by atoms with van der Waals surface area (Å²) in [7, 11) is 0. The number of nitriles is 1. The van der Waals surface area contributed by atoms with E-state index in [9.17, 15) is 22.8 Å². The Hall–Kier alpha value is -3.74. The van der Waals surface area contributed by atoms with Gasteiger partial charge in [0.05, 0.1) is 29.4 Å². The highest BCUT2D eigenvalue weighted by Gasteiger charge is 2.32. The van der Waals surface area contributed by atoms with E-state index in [1.54, 1.807) is 6.07 Å². The first-order valence-corrected chi connectivity index (χ1v) is 8.56. The molecule has 10 heteroatoms. The summed E-state index contributed by atoms with van der Waals surface area (Å²) in [5, 5.41) is 13.9. The molecule has 2 aliphatic heterocycles. The molecule has 0 bridgehead atoms. The summed E-state index contributed by atoms with van der Waals surface area (Å²) in [4.78, 5) is 25.7. The monoisotopic (exact) mass is 402 g/mol. The molecule has 29 heavy (non-hydrogen) atoms. The fourth-order valence-corrected chi connectivity index (χ4v) is 3.37. The summed E-state index contributed by atoms with van der Waals surface area (Å²) in [6.45, 7) is -0.736. The highest BCUT2D eigenvalue weighted by atomic mass is 19.1. The number of hydrogen-bond donors (Lipinski definition) is 2. The minimum atomic E-state index is -0.849. The van der Waals surface area contributed by atoms with Crippen molar-refractivity contribution in [1.29, 1.82) is 5.26 Å². The molecular weight excluding hydrogens is 389 g/mol. The van der Waals surface area contributed by atoms with Gasteiger partial charge in [0.15, 0.2) is 0 Å². The Labute approximate surface area is 162 Å². The molecule has 2 aromatic carbocycles. The maximum atomic E-state index is 14.4. The molecule has 0 unspecified atom stereocenters. The van der Waals surface area contributed by atoms with Gasteiger partial charge in [0.25, 0.3) is 0 Å². The molecule has 0 spiro atoms. The molecule has 2 aliphatic rings. The van der Waals surface area contributed by atoms with Crippen LogP contribution in [0.1, 0.15) is 22.7 Å². The van der Waals surface area contributed by atoms with Gasteiger partial charge in [-0.25, -0.2) is 18.0 Å². The number of carbonyl (C=O) groups is 2. The Morgan fingerprint density at radius 3 is 2.90 bits per heavy atom. The summed E-state index contributed by atoms with van der Waals surface area (Å²) in [6.07, 6.45) is 0. The Morgan fingerprint density at radius 1 is 1.34 bits per heavy atom. The number of nitrogens with one attached hydrogen (secondary N) is 2. The average Bonchev–Trinajstić information content (AvgIpc) is 3.06. The van der Waals surface area contributed by atoms with Gasteiger partial charge in [-0.3, -0.25) is 4.79 Å². The first-order chi connectivity index (χ1) is 13.9. The second-order valence-corrected chi connectivity index (χ2v) is 6.58. The molecule has 0 radical (unpaired) electrons. The number of hydrogen-bond acceptors (Lipinski definition) is 4. The highest BCUT2D eigenvalue weighted by molar-refractivity contribution is 5.95. The van der Waals surface area contributed by atoms with E-state index in [0.717, 1.165) is 11.0 Å². The number of amides is 3. The van der Waals surface area contributed by atoms with Crippen molar-refractivity contribution < 1.29 is 27.5 Å². The van der Waals surface area contributed by atoms with Gasteiger partial charge in [0, 0.05) is 17.7 Å². The zero-order chi connectivity index (χ0) is 20.7. The first kappa shape index (κ1) is 18.6. The number of carbonyl (C=O) groups excluding carboxylic acids is 2. The van der Waals surface area contributed by atoms with E-state index in [-0.39, 0.29) is 41.3 Å². The van der Waals surface area contributed by atoms with Crippen LogP contribution in [0, 0.1) is 28.8 Å². The van der Waals surface area contributed by atoms with Crippen LogP contribution >= 0.6 is 0 Å². The molecule has 0 fully saturated rings. The molecule has 3 amide bonds. The lowest BCUT2D eigenvalue weighted by atomic mass is 10.1. The molecule has 7 nitrogen and oxygen atoms in total. The van der Waals surface area contributed by atoms with E-state index < -0.39 is 42.0 Å². The van der Waals surface area contributed by atoms with Crippen LogP contribution in [0.4, 0.5) is 23.7 Å². The average molecular weight is 402 g/mol. The van der Waals surface area contributed by atoms with Crippen LogP contribution in [0.15, 0.2) is 24.3 Å². The molecule has 2 aromatic rings. The van der Waals surface area contributed by atoms with Crippen molar-refractivity contribution in [3.8, 4) is 11.8 Å². The van der Waals surface area contributed by atoms with E-state index in [1.165, 1.54) is 12.1 Å². The zero-order valence-corrected chi connectivity index (χ0v) is 14.8. The van der Waals surface area contributed by atoms with E-state index in [1.807, 2.05) is 0 Å². The van der Waals surface area contributed by atoms with Gasteiger partial charge in [-0.2, -0.15) is 5.26 Å². The SMILES string of the molecule is N#Cc1ccc2c(c1F)CN(CC(=O)N[C@@H]1COc3cc(F)cc(F)c31)C(=O)N2. The first-order valence-electron chi connectivity index (χ1n) is 8.56. The molecule has 0 saturated heterocycles. The van der Waals surface area contributed by atoms with E-state index in [4.69, 9.17) is 10.00 Å². The summed E-state index contributed by atoms with van der Waals surface area (Å²) in [5.41, 5.74) is 0.169. The molecule has 0 aromatic heterocycles. The van der Waals surface area contributed by atoms with Crippen molar-refractivity contribution in [2.45, 2.75) is 12.6 Å². The largest absolute Gasteiger partial charge is 0.490 e. The predicted molar refractivity (Wildman–Crippen MR) is 93.3 cm³/mol. The minimum Gasteiger partial charge on any atom is -0.490 e. The number of halogens is 3. The van der Waals surface area contributed by atoms with Crippen LogP contribution in [0.5, 0.6) is 5.75 Å². The Kier molecular flexibility index (Phi) is 4.50. The summed E-state index contributed by atoms with van der Waals surface area (Å²) in [5.74, 6) is -3.04. The molecule has 0 aliphatic carbocycles. The quantitative estimate of drug-likeness (QED) is 0.825. The Bertz CT molecular complexity index is 1080. The van der Waals surface area contributed by atoms with Gasteiger partial charge < -0.3 is 20.3 Å². The van der Waals surface area contributed by atoms with Gasteiger partial charge in [0.1, 0.15) is 42.4 Å². The van der Waals surface area contributed by atoms with Gasteiger partial charge in [-0.15, -0.1) is 0 Å². The normalized spacial score (nSPS) is 17.0. The Balaban J connectivity index is 1.48. The number of anilines is 1. The molecule has 2 N–H and O–H groups in total. The third kappa shape index (κ3) is 3.31. The number of benzene rings is 2. The maximum absolute atomic E-state index is 14.4. The van der Waals surface area contributed by atoms with Crippen molar-refractivity contribution in [3.05, 3.63) is 58.4 Å². The van der Waals surface area contributed by atoms with Gasteiger partial charge in [0.2, 0.25) is 5.91 Å². The van der Waals surface area contributed by atoms with Crippen LogP contribution in [0.2, 0.25) is 0 Å². The van der Waals surface area contributed by atoms with Gasteiger partial charge in [-0.05, 0) is 12.1 Å². The molecule has 2 heterocycles. The van der Waals surface area contributed by atoms with Crippen LogP contribution in [-0.4, -0.2) is 30.0 Å². The number of fused-ring (bicyclic) bond motifs is 2. The molecular formula is C19H13F3N4O3. The Morgan fingerprint density at radius 2 is 2.14 bits per heavy atom. The van der Waals surface area contributed by atoms with Crippen molar-refractivity contribution >= 4 is 17.6 Å². The lowest BCUT2D eigenvalue weighted by Crippen LogP contribution is -2.45. The second kappa shape index (κ2) is 7.01. The number of ether oxygens (including phenoxy) is 1. The van der Waals surface area contributed by atoms with E-state index in [2.05, 4.69) is 10.6 Å². The summed E-state index contributed by atoms with van der Waals surface area (Å²) >= 11 is 0. The highest BCUT2D eigenvalue weighted by Crippen LogP contribution is 2.35. The number of urea groups is 1. The van der Waals surface area contributed by atoms with E-state index >= 15 is 0 Å². The molecule has 0 saturated carbocycles. The lowest BCUT2D eigenvalue weighted by molar-refractivity contribution is -0.122. The van der Waals surface area contributed by atoms with Crippen LogP contribution in [-0.2, 0) is 11.3 Å². The lowest BCUT2D eigenvalue weighted by Gasteiger charge is -2.29. The van der Waals surface area contributed by atoms with Gasteiger partial charge >= 0.3 is 6.03 Å². The molecule has 1 atom stereocenters. The van der Waals surface area contributed by atoms with Crippen molar-refractivity contribution in [2.75, 3.05) is 18.5 Å². The van der Waals surface area contributed by atoms with Gasteiger partial charge in [-0.1, -0.05) is 0 Å². The van der Waals surface area contributed by atoms with Crippen molar-refractivity contribution in [2.24, 2.45) is 0 Å². The number of rotatable bonds is 3. The molecule has 148 valence electrons. The minimum absolute atomic E-state index is 0.00328. The predicted octanol–water partition coefficient (Wildman–Crippen LogP) is 2.57.